The largest absolute Gasteiger partial charge is 0.368 e. The highest BCUT2D eigenvalue weighted by atomic mass is 35.5. The van der Waals surface area contributed by atoms with E-state index in [1.165, 1.54) is 24.3 Å². The molecular formula is C19H19ClN2O4S. The van der Waals surface area contributed by atoms with Crippen molar-refractivity contribution in [3.05, 3.63) is 53.1 Å². The van der Waals surface area contributed by atoms with Crippen molar-refractivity contribution in [3.8, 4) is 0 Å². The fourth-order valence-electron chi connectivity index (χ4n) is 3.47. The van der Waals surface area contributed by atoms with E-state index in [1.54, 1.807) is 23.1 Å². The van der Waals surface area contributed by atoms with Gasteiger partial charge in [-0.1, -0.05) is 11.6 Å². The predicted molar refractivity (Wildman–Crippen MR) is 104 cm³/mol. The van der Waals surface area contributed by atoms with Crippen LogP contribution in [0.5, 0.6) is 0 Å². The minimum atomic E-state index is -3.70. The van der Waals surface area contributed by atoms with E-state index in [9.17, 15) is 13.2 Å². The quantitative estimate of drug-likeness (QED) is 0.845. The first-order valence-electron chi connectivity index (χ1n) is 8.78. The van der Waals surface area contributed by atoms with Crippen LogP contribution in [0.4, 0.5) is 11.4 Å². The second-order valence-corrected chi connectivity index (χ2v) is 8.76. The Kier molecular flexibility index (Phi) is 4.84. The van der Waals surface area contributed by atoms with Gasteiger partial charge in [-0.05, 0) is 67.3 Å². The first kappa shape index (κ1) is 18.3. The highest BCUT2D eigenvalue weighted by Gasteiger charge is 2.32. The summed E-state index contributed by atoms with van der Waals surface area (Å²) in [6.07, 6.45) is 1.98. The number of rotatable bonds is 4. The van der Waals surface area contributed by atoms with Gasteiger partial charge in [-0.3, -0.25) is 9.52 Å². The van der Waals surface area contributed by atoms with Gasteiger partial charge >= 0.3 is 0 Å². The molecule has 1 N–H and O–H groups in total. The summed E-state index contributed by atoms with van der Waals surface area (Å²) in [5.41, 5.74) is 2.23. The van der Waals surface area contributed by atoms with Gasteiger partial charge in [0, 0.05) is 29.5 Å². The molecule has 2 aliphatic rings. The molecule has 27 heavy (non-hydrogen) atoms. The lowest BCUT2D eigenvalue weighted by atomic mass is 10.1. The number of hydrogen-bond donors (Lipinski definition) is 1. The smallest absolute Gasteiger partial charge is 0.261 e. The zero-order valence-electron chi connectivity index (χ0n) is 14.5. The summed E-state index contributed by atoms with van der Waals surface area (Å²) in [5.74, 6) is -0.0132. The third kappa shape index (κ3) is 3.67. The number of ether oxygens (including phenoxy) is 1. The number of amides is 1. The lowest BCUT2D eigenvalue weighted by Gasteiger charge is -2.21. The van der Waals surface area contributed by atoms with E-state index in [2.05, 4.69) is 4.72 Å². The van der Waals surface area contributed by atoms with Crippen LogP contribution in [0, 0.1) is 0 Å². The van der Waals surface area contributed by atoms with Gasteiger partial charge in [0.05, 0.1) is 4.90 Å². The third-order valence-corrected chi connectivity index (χ3v) is 6.47. The SMILES string of the molecule is O=C(C1CCCO1)N1CCc2cc(NS(=O)(=O)c3ccc(Cl)cc3)ccc21. The normalized spacial score (nSPS) is 19.1. The molecule has 0 radical (unpaired) electrons. The number of benzene rings is 2. The average Bonchev–Trinajstić information content (AvgIpc) is 3.31. The Morgan fingerprint density at radius 2 is 1.96 bits per heavy atom. The lowest BCUT2D eigenvalue weighted by molar-refractivity contribution is -0.127. The number of hydrogen-bond acceptors (Lipinski definition) is 4. The van der Waals surface area contributed by atoms with Crippen molar-refractivity contribution in [2.75, 3.05) is 22.8 Å². The lowest BCUT2D eigenvalue weighted by Crippen LogP contribution is -2.37. The fourth-order valence-corrected chi connectivity index (χ4v) is 4.64. The first-order valence-corrected chi connectivity index (χ1v) is 10.6. The molecule has 6 nitrogen and oxygen atoms in total. The van der Waals surface area contributed by atoms with E-state index >= 15 is 0 Å². The molecule has 8 heteroatoms. The molecule has 2 aromatic carbocycles. The van der Waals surface area contributed by atoms with Crippen LogP contribution in [0.2, 0.25) is 5.02 Å². The second-order valence-electron chi connectivity index (χ2n) is 6.64. The highest BCUT2D eigenvalue weighted by Crippen LogP contribution is 2.33. The molecule has 0 aliphatic carbocycles. The van der Waals surface area contributed by atoms with E-state index in [0.717, 1.165) is 24.1 Å². The molecule has 2 aliphatic heterocycles. The summed E-state index contributed by atoms with van der Waals surface area (Å²) in [7, 11) is -3.70. The van der Waals surface area contributed by atoms with Gasteiger partial charge in [-0.25, -0.2) is 8.42 Å². The van der Waals surface area contributed by atoms with Crippen molar-refractivity contribution in [2.45, 2.75) is 30.3 Å². The van der Waals surface area contributed by atoms with Gasteiger partial charge in [0.1, 0.15) is 6.10 Å². The summed E-state index contributed by atoms with van der Waals surface area (Å²) in [5, 5.41) is 0.475. The number of nitrogens with zero attached hydrogens (tertiary/aromatic N) is 1. The Labute approximate surface area is 163 Å². The first-order chi connectivity index (χ1) is 12.9. The van der Waals surface area contributed by atoms with E-state index < -0.39 is 10.0 Å². The van der Waals surface area contributed by atoms with Crippen LogP contribution in [0.3, 0.4) is 0 Å². The molecule has 0 bridgehead atoms. The van der Waals surface area contributed by atoms with Crippen LogP contribution in [0.1, 0.15) is 18.4 Å². The number of halogens is 1. The van der Waals surface area contributed by atoms with Gasteiger partial charge in [-0.15, -0.1) is 0 Å². The molecule has 1 fully saturated rings. The van der Waals surface area contributed by atoms with Gasteiger partial charge in [-0.2, -0.15) is 0 Å². The van der Waals surface area contributed by atoms with E-state index in [-0.39, 0.29) is 16.9 Å². The molecule has 0 spiro atoms. The summed E-state index contributed by atoms with van der Waals surface area (Å²) >= 11 is 5.82. The number of carbonyl (C=O) groups is 1. The van der Waals surface area contributed by atoms with Crippen molar-refractivity contribution >= 4 is 38.9 Å². The standard InChI is InChI=1S/C19H19ClN2O4S/c20-14-3-6-16(7-4-14)27(24,25)21-15-5-8-17-13(12-15)9-10-22(17)19(23)18-2-1-11-26-18/h3-8,12,18,21H,1-2,9-11H2. The summed E-state index contributed by atoms with van der Waals surface area (Å²) < 4.78 is 33.1. The fraction of sp³-hybridized carbons (Fsp3) is 0.316. The molecule has 1 amide bonds. The van der Waals surface area contributed by atoms with Crippen LogP contribution in [-0.2, 0) is 26.0 Å². The molecule has 142 valence electrons. The average molecular weight is 407 g/mol. The van der Waals surface area contributed by atoms with Crippen LogP contribution < -0.4 is 9.62 Å². The van der Waals surface area contributed by atoms with Crippen molar-refractivity contribution in [2.24, 2.45) is 0 Å². The monoisotopic (exact) mass is 406 g/mol. The van der Waals surface area contributed by atoms with E-state index in [4.69, 9.17) is 16.3 Å². The highest BCUT2D eigenvalue weighted by molar-refractivity contribution is 7.92. The predicted octanol–water partition coefficient (Wildman–Crippen LogP) is 3.21. The summed E-state index contributed by atoms with van der Waals surface area (Å²) in [4.78, 5) is 14.5. The van der Waals surface area contributed by atoms with E-state index in [0.29, 0.717) is 30.3 Å². The summed E-state index contributed by atoms with van der Waals surface area (Å²) in [6.45, 7) is 1.21. The maximum atomic E-state index is 12.6. The minimum absolute atomic E-state index is 0.0132. The van der Waals surface area contributed by atoms with Crippen molar-refractivity contribution in [1.29, 1.82) is 0 Å². The summed E-state index contributed by atoms with van der Waals surface area (Å²) in [6, 6.07) is 11.2. The molecule has 1 unspecified atom stereocenters. The third-order valence-electron chi connectivity index (χ3n) is 4.82. The van der Waals surface area contributed by atoms with Gasteiger partial charge < -0.3 is 9.64 Å². The maximum absolute atomic E-state index is 12.6. The Morgan fingerprint density at radius 1 is 1.19 bits per heavy atom. The number of fused-ring (bicyclic) bond motifs is 1. The Hall–Kier alpha value is -2.09. The van der Waals surface area contributed by atoms with Gasteiger partial charge in [0.15, 0.2) is 0 Å². The second kappa shape index (κ2) is 7.14. The van der Waals surface area contributed by atoms with Gasteiger partial charge in [0.25, 0.3) is 15.9 Å². The zero-order valence-corrected chi connectivity index (χ0v) is 16.1. The van der Waals surface area contributed by atoms with Crippen LogP contribution in [0.15, 0.2) is 47.4 Å². The number of sulfonamides is 1. The topological polar surface area (TPSA) is 75.7 Å². The van der Waals surface area contributed by atoms with Gasteiger partial charge in [0.2, 0.25) is 0 Å². The number of anilines is 2. The Bertz CT molecular complexity index is 970. The molecule has 2 aromatic rings. The van der Waals surface area contributed by atoms with Crippen molar-refractivity contribution in [3.63, 3.8) is 0 Å². The van der Waals surface area contributed by atoms with Crippen LogP contribution >= 0.6 is 11.6 Å². The number of carbonyl (C=O) groups excluding carboxylic acids is 1. The molecule has 0 aromatic heterocycles. The zero-order chi connectivity index (χ0) is 19.0. The Balaban J connectivity index is 1.53. The molecule has 1 atom stereocenters. The molecule has 1 saturated heterocycles. The maximum Gasteiger partial charge on any atom is 0.261 e. The van der Waals surface area contributed by atoms with Crippen LogP contribution in [0.25, 0.3) is 0 Å². The molecule has 2 heterocycles. The molecule has 4 rings (SSSR count). The number of nitrogens with one attached hydrogen (secondary N) is 1. The van der Waals surface area contributed by atoms with Crippen molar-refractivity contribution in [1.82, 2.24) is 0 Å². The van der Waals surface area contributed by atoms with Crippen molar-refractivity contribution < 1.29 is 17.9 Å². The minimum Gasteiger partial charge on any atom is -0.368 e. The van der Waals surface area contributed by atoms with Crippen LogP contribution in [-0.4, -0.2) is 33.6 Å². The molecular weight excluding hydrogens is 388 g/mol. The van der Waals surface area contributed by atoms with E-state index in [1.807, 2.05) is 0 Å². The Morgan fingerprint density at radius 3 is 2.67 bits per heavy atom. The molecule has 0 saturated carbocycles.